The Morgan fingerprint density at radius 1 is 0.650 bits per heavy atom. The van der Waals surface area contributed by atoms with Crippen LogP contribution in [0.15, 0.2) is 206 Å². The number of anilines is 3. The van der Waals surface area contributed by atoms with Crippen molar-refractivity contribution in [3.63, 3.8) is 0 Å². The number of esters is 1. The van der Waals surface area contributed by atoms with E-state index in [1.165, 1.54) is 16.8 Å². The molecule has 0 spiro atoms. The summed E-state index contributed by atoms with van der Waals surface area (Å²) < 4.78 is 33.5. The van der Waals surface area contributed by atoms with Crippen LogP contribution < -0.4 is 29.9 Å². The molecule has 100 heavy (non-hydrogen) atoms. The highest BCUT2D eigenvalue weighted by Crippen LogP contribution is 2.44. The number of tetrazole rings is 1. The topological polar surface area (TPSA) is 241 Å². The Morgan fingerprint density at radius 2 is 1.22 bits per heavy atom. The molecule has 3 heterocycles. The van der Waals surface area contributed by atoms with Crippen molar-refractivity contribution in [3.8, 4) is 39.8 Å². The van der Waals surface area contributed by atoms with E-state index in [-0.39, 0.29) is 60.3 Å². The van der Waals surface area contributed by atoms with Gasteiger partial charge in [0.15, 0.2) is 18.1 Å². The minimum absolute atomic E-state index is 0.0865. The first kappa shape index (κ1) is 69.9. The largest absolute Gasteiger partial charge is 0.484 e. The fourth-order valence-electron chi connectivity index (χ4n) is 11.8. The average molecular weight is 1360 g/mol. The fraction of sp³-hybridized carbons (Fsp3) is 0.256. The number of benzene rings is 8. The van der Waals surface area contributed by atoms with Gasteiger partial charge in [0, 0.05) is 37.3 Å². The minimum Gasteiger partial charge on any atom is -0.484 e. The van der Waals surface area contributed by atoms with Crippen molar-refractivity contribution in [3.05, 3.63) is 251 Å². The number of imide groups is 1. The van der Waals surface area contributed by atoms with E-state index in [2.05, 4.69) is 58.3 Å². The van der Waals surface area contributed by atoms with Gasteiger partial charge in [-0.2, -0.15) is 0 Å². The van der Waals surface area contributed by atoms with Crippen molar-refractivity contribution in [2.75, 3.05) is 35.4 Å². The number of carbonyl (C=O) groups excluding carboxylic acids is 6. The molecular weight excluding hydrogens is 1280 g/mol. The number of nitrogens with one attached hydrogen (secondary N) is 2. The van der Waals surface area contributed by atoms with Crippen LogP contribution in [0.1, 0.15) is 112 Å². The molecule has 11 rings (SSSR count). The van der Waals surface area contributed by atoms with Gasteiger partial charge in [-0.1, -0.05) is 170 Å². The summed E-state index contributed by atoms with van der Waals surface area (Å²) in [4.78, 5) is 87.6. The summed E-state index contributed by atoms with van der Waals surface area (Å²) in [6.45, 7) is 14.1. The Labute approximate surface area is 584 Å². The summed E-state index contributed by atoms with van der Waals surface area (Å²) in [5.41, 5.74) is 5.88. The molecule has 8 aromatic carbocycles. The smallest absolute Gasteiger partial charge is 0.415 e. The van der Waals surface area contributed by atoms with Crippen molar-refractivity contribution >= 4 is 64.0 Å². The van der Waals surface area contributed by atoms with Crippen molar-refractivity contribution in [2.45, 2.75) is 110 Å². The lowest BCUT2D eigenvalue weighted by molar-refractivity contribution is -0.119. The van der Waals surface area contributed by atoms with Crippen molar-refractivity contribution < 1.29 is 52.5 Å². The van der Waals surface area contributed by atoms with Gasteiger partial charge in [0.25, 0.3) is 11.1 Å². The lowest BCUT2D eigenvalue weighted by Gasteiger charge is -2.36. The van der Waals surface area contributed by atoms with E-state index in [4.69, 9.17) is 39.0 Å². The second kappa shape index (κ2) is 30.6. The zero-order valence-electron chi connectivity index (χ0n) is 57.1. The van der Waals surface area contributed by atoms with Crippen LogP contribution in [0.25, 0.3) is 22.5 Å². The third-order valence-corrected chi connectivity index (χ3v) is 17.2. The number of imidazole rings is 1. The molecule has 21 nitrogen and oxygen atoms in total. The van der Waals surface area contributed by atoms with Crippen molar-refractivity contribution in [1.82, 2.24) is 35.1 Å². The van der Waals surface area contributed by atoms with Crippen LogP contribution in [0.2, 0.25) is 0 Å². The third kappa shape index (κ3) is 16.3. The maximum absolute atomic E-state index is 14.5. The maximum atomic E-state index is 14.5. The number of rotatable bonds is 24. The zero-order valence-corrected chi connectivity index (χ0v) is 58.0. The number of aromatic nitrogens is 6. The molecule has 512 valence electrons. The molecule has 2 N–H and O–H groups in total. The number of carbonyl (C=O) groups is 6. The Bertz CT molecular complexity index is 4460. The molecule has 1 aliphatic rings. The van der Waals surface area contributed by atoms with Gasteiger partial charge in [0.05, 0.1) is 35.5 Å². The first-order valence-electron chi connectivity index (χ1n) is 32.9. The molecule has 0 saturated carbocycles. The predicted molar refractivity (Wildman–Crippen MR) is 384 cm³/mol. The molecular formula is C78H78N10O11S. The van der Waals surface area contributed by atoms with Gasteiger partial charge in [0.1, 0.15) is 39.8 Å². The summed E-state index contributed by atoms with van der Waals surface area (Å²) in [5, 5.41) is 18.2. The van der Waals surface area contributed by atoms with Crippen LogP contribution in [-0.2, 0) is 55.3 Å². The first-order chi connectivity index (χ1) is 48.1. The van der Waals surface area contributed by atoms with E-state index in [0.717, 1.165) is 56.3 Å². The number of thioether (sulfide) groups is 1. The summed E-state index contributed by atoms with van der Waals surface area (Å²) in [6, 6.07) is 65.4. The molecule has 1 fully saturated rings. The van der Waals surface area contributed by atoms with Gasteiger partial charge >= 0.3 is 18.2 Å². The summed E-state index contributed by atoms with van der Waals surface area (Å²) in [5.74, 6) is 0.746. The van der Waals surface area contributed by atoms with Crippen LogP contribution in [0.3, 0.4) is 0 Å². The van der Waals surface area contributed by atoms with Crippen LogP contribution in [-0.4, -0.2) is 102 Å². The van der Waals surface area contributed by atoms with Gasteiger partial charge < -0.3 is 33.6 Å². The predicted octanol–water partition coefficient (Wildman–Crippen LogP) is 15.2. The monoisotopic (exact) mass is 1360 g/mol. The minimum atomic E-state index is -0.974. The van der Waals surface area contributed by atoms with E-state index in [1.807, 2.05) is 113 Å². The van der Waals surface area contributed by atoms with Crippen LogP contribution in [0.5, 0.6) is 17.2 Å². The summed E-state index contributed by atoms with van der Waals surface area (Å²) >= 11 is 0.947. The normalized spacial score (nSPS) is 13.1. The van der Waals surface area contributed by atoms with E-state index in [9.17, 15) is 28.8 Å². The van der Waals surface area contributed by atoms with Crippen LogP contribution in [0.4, 0.5) is 31.4 Å². The molecule has 1 aliphatic heterocycles. The highest BCUT2D eigenvalue weighted by atomic mass is 32.2. The fourth-order valence-corrected chi connectivity index (χ4v) is 12.7. The Hall–Kier alpha value is -11.4. The van der Waals surface area contributed by atoms with Gasteiger partial charge in [-0.3, -0.25) is 29.5 Å². The second-order valence-corrected chi connectivity index (χ2v) is 27.0. The van der Waals surface area contributed by atoms with E-state index < -0.39 is 46.1 Å². The molecule has 22 heteroatoms. The van der Waals surface area contributed by atoms with E-state index >= 15 is 0 Å². The average Bonchev–Trinajstić information content (AvgIpc) is 1.26. The quantitative estimate of drug-likeness (QED) is 0.0325. The zero-order chi connectivity index (χ0) is 70.7. The first-order valence-corrected chi connectivity index (χ1v) is 33.8. The molecule has 1 unspecified atom stereocenters. The van der Waals surface area contributed by atoms with Crippen molar-refractivity contribution in [1.29, 1.82) is 0 Å². The SMILES string of the molecule is CCCc1nc(CN(C(=O)OC(C)(C)C)c2ccc(Oc3ccc(NC(=O)COc4ccc(CC5SC(=O)NC5=O)cc4)c(N(C)C(=O)OC(C)(C)C)c3)cc2)c(C(=O)OCC)n1Cc1ccc(-c2ccccc2-c2nnnn2C(c2ccccc2)(c2ccccc2)c2ccccc2)cc1. The van der Waals surface area contributed by atoms with E-state index in [0.29, 0.717) is 53.8 Å². The van der Waals surface area contributed by atoms with E-state index in [1.54, 1.807) is 115 Å². The number of hydrogen-bond donors (Lipinski definition) is 2. The Kier molecular flexibility index (Phi) is 21.4. The Morgan fingerprint density at radius 3 is 1.80 bits per heavy atom. The number of aryl methyl sites for hydroxylation is 1. The van der Waals surface area contributed by atoms with Crippen LogP contribution >= 0.6 is 11.8 Å². The number of hydrogen-bond acceptors (Lipinski definition) is 16. The highest BCUT2D eigenvalue weighted by Gasteiger charge is 2.42. The molecule has 1 saturated heterocycles. The van der Waals surface area contributed by atoms with Gasteiger partial charge in [-0.25, -0.2) is 24.0 Å². The molecule has 10 aromatic rings. The molecule has 0 radical (unpaired) electrons. The lowest BCUT2D eigenvalue weighted by atomic mass is 9.77. The number of amides is 5. The number of ether oxygens (including phenoxy) is 5. The van der Waals surface area contributed by atoms with Gasteiger partial charge in [-0.15, -0.1) is 5.10 Å². The second-order valence-electron chi connectivity index (χ2n) is 25.8. The van der Waals surface area contributed by atoms with Gasteiger partial charge in [0.2, 0.25) is 5.91 Å². The molecule has 0 bridgehead atoms. The molecule has 2 aromatic heterocycles. The third-order valence-electron chi connectivity index (χ3n) is 16.3. The molecule has 5 amide bonds. The molecule has 0 aliphatic carbocycles. The summed E-state index contributed by atoms with van der Waals surface area (Å²) in [7, 11) is 1.51. The summed E-state index contributed by atoms with van der Waals surface area (Å²) in [6.07, 6.45) is 0.159. The standard InChI is InChI=1S/C78H78N10O11S/c1-10-23-67-79-64(69(72(91)95-11-2)87(67)48-52-32-36-53(37-33-52)61-30-21-22-31-62(61)70-82-83-84-88(70)78(54-24-15-12-16-25-54,55-26-17-13-18-27-55)56-28-19-14-20-29-56)49-86(75(94)99-77(6,7)8)57-38-42-59(43-39-57)97-60-44-45-63(65(47-60)85(9)74(93)98-76(3,4)5)80-68(89)50-96-58-40-34-51(35-41-58)46-66-71(90)81-73(92)100-66/h12-22,24-45,47,66H,10-11,23,46,48-50H2,1-9H3,(H,80,89)(H,81,90,92). The highest BCUT2D eigenvalue weighted by molar-refractivity contribution is 8.15. The van der Waals surface area contributed by atoms with Gasteiger partial charge in [-0.05, 0) is 159 Å². The Balaban J connectivity index is 0.853. The maximum Gasteiger partial charge on any atom is 0.415 e. The van der Waals surface area contributed by atoms with Crippen LogP contribution in [0, 0.1) is 0 Å². The number of nitrogens with zero attached hydrogens (tertiary/aromatic N) is 8. The molecule has 1 atom stereocenters. The van der Waals surface area contributed by atoms with Crippen molar-refractivity contribution in [2.24, 2.45) is 0 Å². The lowest BCUT2D eigenvalue weighted by Crippen LogP contribution is -2.39.